The zero-order valence-electron chi connectivity index (χ0n) is 7.68. The third-order valence-electron chi connectivity index (χ3n) is 1.81. The van der Waals surface area contributed by atoms with Crippen LogP contribution in [0.4, 0.5) is 0 Å². The summed E-state index contributed by atoms with van der Waals surface area (Å²) in [5.74, 6) is 0.206. The van der Waals surface area contributed by atoms with Crippen molar-refractivity contribution >= 4 is 10.0 Å². The molecular weight excluding hydrogens is 188 g/mol. The predicted molar refractivity (Wildman–Crippen MR) is 50.9 cm³/mol. The van der Waals surface area contributed by atoms with E-state index in [0.717, 1.165) is 19.3 Å². The Morgan fingerprint density at radius 1 is 1.38 bits per heavy atom. The normalized spacial score (nSPS) is 11.8. The van der Waals surface area contributed by atoms with Crippen molar-refractivity contribution in [3.63, 3.8) is 0 Å². The zero-order valence-corrected chi connectivity index (χ0v) is 8.50. The zero-order chi connectivity index (χ0) is 9.73. The van der Waals surface area contributed by atoms with Crippen molar-refractivity contribution < 1.29 is 8.42 Å². The number of rotatable bonds is 5. The highest BCUT2D eigenvalue weighted by atomic mass is 32.2. The molecule has 1 aromatic rings. The average Bonchev–Trinajstić information content (AvgIpc) is 2.56. The van der Waals surface area contributed by atoms with Crippen LogP contribution in [0, 0.1) is 0 Å². The second kappa shape index (κ2) is 4.41. The minimum Gasteiger partial charge on any atom is -0.244 e. The highest BCUT2D eigenvalue weighted by Gasteiger charge is 2.10. The van der Waals surface area contributed by atoms with Crippen LogP contribution in [0.15, 0.2) is 18.7 Å². The molecule has 0 fully saturated rings. The van der Waals surface area contributed by atoms with Crippen LogP contribution in [-0.4, -0.2) is 23.1 Å². The molecule has 0 amide bonds. The first-order valence-electron chi connectivity index (χ1n) is 4.38. The van der Waals surface area contributed by atoms with E-state index in [2.05, 4.69) is 4.98 Å². The summed E-state index contributed by atoms with van der Waals surface area (Å²) in [6.45, 7) is 2.05. The summed E-state index contributed by atoms with van der Waals surface area (Å²) in [7, 11) is -3.14. The van der Waals surface area contributed by atoms with Crippen LogP contribution in [0.5, 0.6) is 0 Å². The van der Waals surface area contributed by atoms with Gasteiger partial charge in [-0.1, -0.05) is 19.8 Å². The van der Waals surface area contributed by atoms with Gasteiger partial charge in [-0.05, 0) is 6.42 Å². The number of nitrogens with zero attached hydrogens (tertiary/aromatic N) is 2. The molecule has 0 aromatic carbocycles. The van der Waals surface area contributed by atoms with Crippen molar-refractivity contribution in [3.05, 3.63) is 18.7 Å². The molecule has 0 bridgehead atoms. The fourth-order valence-corrected chi connectivity index (χ4v) is 2.27. The SMILES string of the molecule is CCCCCS(=O)(=O)n1ccnc1. The lowest BCUT2D eigenvalue weighted by Gasteiger charge is -2.03. The Bertz CT molecular complexity index is 329. The maximum Gasteiger partial charge on any atom is 0.239 e. The molecule has 0 unspecified atom stereocenters. The Balaban J connectivity index is 2.58. The van der Waals surface area contributed by atoms with E-state index in [1.165, 1.54) is 22.7 Å². The van der Waals surface area contributed by atoms with Gasteiger partial charge < -0.3 is 0 Å². The molecular formula is C8H14N2O2S. The van der Waals surface area contributed by atoms with Crippen LogP contribution in [0.25, 0.3) is 0 Å². The number of hydrogen-bond donors (Lipinski definition) is 0. The van der Waals surface area contributed by atoms with Crippen LogP contribution < -0.4 is 0 Å². The molecule has 74 valence electrons. The molecule has 0 atom stereocenters. The molecule has 5 heteroatoms. The van der Waals surface area contributed by atoms with Crippen LogP contribution in [0.2, 0.25) is 0 Å². The van der Waals surface area contributed by atoms with Crippen molar-refractivity contribution in [2.75, 3.05) is 5.75 Å². The molecule has 0 spiro atoms. The van der Waals surface area contributed by atoms with E-state index < -0.39 is 10.0 Å². The topological polar surface area (TPSA) is 52.0 Å². The van der Waals surface area contributed by atoms with Gasteiger partial charge in [0.2, 0.25) is 10.0 Å². The van der Waals surface area contributed by atoms with E-state index >= 15 is 0 Å². The summed E-state index contributed by atoms with van der Waals surface area (Å²) in [6.07, 6.45) is 6.95. The monoisotopic (exact) mass is 202 g/mol. The van der Waals surface area contributed by atoms with Crippen LogP contribution in [-0.2, 0) is 10.0 Å². The fraction of sp³-hybridized carbons (Fsp3) is 0.625. The summed E-state index contributed by atoms with van der Waals surface area (Å²) in [4.78, 5) is 3.70. The standard InChI is InChI=1S/C8H14N2O2S/c1-2-3-4-7-13(11,12)10-6-5-9-8-10/h5-6,8H,2-4,7H2,1H3. The Morgan fingerprint density at radius 2 is 2.15 bits per heavy atom. The predicted octanol–water partition coefficient (Wildman–Crippen LogP) is 1.25. The van der Waals surface area contributed by atoms with Crippen LogP contribution in [0.1, 0.15) is 26.2 Å². The lowest BCUT2D eigenvalue weighted by molar-refractivity contribution is 0.582. The Hall–Kier alpha value is -0.840. The minimum atomic E-state index is -3.14. The molecule has 0 aliphatic heterocycles. The van der Waals surface area contributed by atoms with E-state index in [1.807, 2.05) is 6.92 Å². The molecule has 1 aromatic heterocycles. The van der Waals surface area contributed by atoms with Crippen molar-refractivity contribution in [3.8, 4) is 0 Å². The summed E-state index contributed by atoms with van der Waals surface area (Å²) < 4.78 is 24.2. The summed E-state index contributed by atoms with van der Waals surface area (Å²) >= 11 is 0. The van der Waals surface area contributed by atoms with Gasteiger partial charge in [0.1, 0.15) is 6.33 Å². The lowest BCUT2D eigenvalue weighted by atomic mass is 10.3. The van der Waals surface area contributed by atoms with Gasteiger partial charge in [-0.15, -0.1) is 0 Å². The van der Waals surface area contributed by atoms with Gasteiger partial charge in [0.05, 0.1) is 5.75 Å². The average molecular weight is 202 g/mol. The van der Waals surface area contributed by atoms with Gasteiger partial charge in [0.25, 0.3) is 0 Å². The smallest absolute Gasteiger partial charge is 0.239 e. The molecule has 1 rings (SSSR count). The highest BCUT2D eigenvalue weighted by molar-refractivity contribution is 7.89. The molecule has 13 heavy (non-hydrogen) atoms. The first kappa shape index (κ1) is 10.2. The number of hydrogen-bond acceptors (Lipinski definition) is 3. The van der Waals surface area contributed by atoms with Gasteiger partial charge in [-0.3, -0.25) is 0 Å². The van der Waals surface area contributed by atoms with E-state index in [1.54, 1.807) is 0 Å². The lowest BCUT2D eigenvalue weighted by Crippen LogP contribution is -2.14. The molecule has 1 heterocycles. The number of imidazole rings is 1. The molecule has 0 aliphatic rings. The first-order valence-corrected chi connectivity index (χ1v) is 5.99. The van der Waals surface area contributed by atoms with Gasteiger partial charge in [0, 0.05) is 12.4 Å². The van der Waals surface area contributed by atoms with Gasteiger partial charge in [-0.25, -0.2) is 17.4 Å². The maximum atomic E-state index is 11.5. The summed E-state index contributed by atoms with van der Waals surface area (Å²) in [5, 5.41) is 0. The third kappa shape index (κ3) is 2.84. The molecule has 0 saturated carbocycles. The second-order valence-corrected chi connectivity index (χ2v) is 4.91. The van der Waals surface area contributed by atoms with E-state index in [4.69, 9.17) is 0 Å². The van der Waals surface area contributed by atoms with Crippen molar-refractivity contribution in [2.45, 2.75) is 26.2 Å². The Labute approximate surface area is 78.7 Å². The van der Waals surface area contributed by atoms with Gasteiger partial charge in [-0.2, -0.15) is 0 Å². The second-order valence-electron chi connectivity index (χ2n) is 2.92. The minimum absolute atomic E-state index is 0.206. The van der Waals surface area contributed by atoms with E-state index in [-0.39, 0.29) is 5.75 Å². The largest absolute Gasteiger partial charge is 0.244 e. The van der Waals surface area contributed by atoms with Gasteiger partial charge in [0.15, 0.2) is 0 Å². The summed E-state index contributed by atoms with van der Waals surface area (Å²) in [6, 6.07) is 0. The maximum absolute atomic E-state index is 11.5. The number of unbranched alkanes of at least 4 members (excludes halogenated alkanes) is 2. The Kier molecular flexibility index (Phi) is 3.48. The summed E-state index contributed by atoms with van der Waals surface area (Å²) in [5.41, 5.74) is 0. The quantitative estimate of drug-likeness (QED) is 0.675. The Morgan fingerprint density at radius 3 is 2.69 bits per heavy atom. The molecule has 0 N–H and O–H groups in total. The molecule has 0 saturated heterocycles. The third-order valence-corrected chi connectivity index (χ3v) is 3.47. The van der Waals surface area contributed by atoms with Crippen LogP contribution >= 0.6 is 0 Å². The van der Waals surface area contributed by atoms with E-state index in [9.17, 15) is 8.42 Å². The van der Waals surface area contributed by atoms with Gasteiger partial charge >= 0.3 is 0 Å². The fourth-order valence-electron chi connectivity index (χ4n) is 1.05. The molecule has 0 radical (unpaired) electrons. The highest BCUT2D eigenvalue weighted by Crippen LogP contribution is 2.02. The number of aromatic nitrogens is 2. The van der Waals surface area contributed by atoms with Crippen LogP contribution in [0.3, 0.4) is 0 Å². The first-order chi connectivity index (χ1) is 6.17. The van der Waals surface area contributed by atoms with Crippen molar-refractivity contribution in [2.24, 2.45) is 0 Å². The molecule has 4 nitrogen and oxygen atoms in total. The van der Waals surface area contributed by atoms with Crippen molar-refractivity contribution in [1.29, 1.82) is 0 Å². The van der Waals surface area contributed by atoms with E-state index in [0.29, 0.717) is 0 Å². The molecule has 0 aliphatic carbocycles. The van der Waals surface area contributed by atoms with Crippen molar-refractivity contribution in [1.82, 2.24) is 8.96 Å².